The fraction of sp³-hybridized carbons (Fsp3) is 0.348. The molecule has 3 aromatic rings. The standard InChI is InChI=1S/C23H28N2O2S/c1-6-18-7-12-21(14-23(18)28(5,26)27)19-8-10-20(11-9-19)22-13-17(4)24-25(22)15-16(2)3/h7-14,16H,6,15H2,1-5H3. The molecule has 0 saturated carbocycles. The summed E-state index contributed by atoms with van der Waals surface area (Å²) in [4.78, 5) is 0.419. The van der Waals surface area contributed by atoms with Gasteiger partial charge in [0.2, 0.25) is 0 Å². The Labute approximate surface area is 168 Å². The van der Waals surface area contributed by atoms with Crippen molar-refractivity contribution in [1.82, 2.24) is 9.78 Å². The Morgan fingerprint density at radius 2 is 1.57 bits per heavy atom. The number of rotatable bonds is 6. The van der Waals surface area contributed by atoms with Gasteiger partial charge < -0.3 is 0 Å². The molecule has 0 amide bonds. The van der Waals surface area contributed by atoms with Crippen LogP contribution in [-0.2, 0) is 22.8 Å². The normalized spacial score (nSPS) is 11.9. The number of benzene rings is 2. The summed E-state index contributed by atoms with van der Waals surface area (Å²) in [5, 5.41) is 4.62. The number of hydrogen-bond donors (Lipinski definition) is 0. The fourth-order valence-electron chi connectivity index (χ4n) is 3.47. The highest BCUT2D eigenvalue weighted by molar-refractivity contribution is 7.90. The predicted molar refractivity (Wildman–Crippen MR) is 115 cm³/mol. The second kappa shape index (κ2) is 7.92. The monoisotopic (exact) mass is 396 g/mol. The van der Waals surface area contributed by atoms with Crippen LogP contribution in [0.1, 0.15) is 32.0 Å². The van der Waals surface area contributed by atoms with E-state index in [4.69, 9.17) is 0 Å². The summed E-state index contributed by atoms with van der Waals surface area (Å²) in [6, 6.07) is 16.1. The van der Waals surface area contributed by atoms with Gasteiger partial charge in [0, 0.05) is 12.8 Å². The van der Waals surface area contributed by atoms with Gasteiger partial charge in [0.05, 0.1) is 16.3 Å². The molecule has 5 heteroatoms. The maximum Gasteiger partial charge on any atom is 0.175 e. The number of aryl methyl sites for hydroxylation is 2. The van der Waals surface area contributed by atoms with Crippen molar-refractivity contribution >= 4 is 9.84 Å². The first kappa shape index (κ1) is 20.3. The number of hydrogen-bond acceptors (Lipinski definition) is 3. The van der Waals surface area contributed by atoms with Crippen LogP contribution in [0.3, 0.4) is 0 Å². The lowest BCUT2D eigenvalue weighted by atomic mass is 10.0. The van der Waals surface area contributed by atoms with Gasteiger partial charge in [0.15, 0.2) is 9.84 Å². The summed E-state index contributed by atoms with van der Waals surface area (Å²) in [6.45, 7) is 9.23. The number of nitrogens with zero attached hydrogens (tertiary/aromatic N) is 2. The molecule has 0 aliphatic rings. The Morgan fingerprint density at radius 1 is 0.964 bits per heavy atom. The zero-order valence-electron chi connectivity index (χ0n) is 17.2. The highest BCUT2D eigenvalue weighted by atomic mass is 32.2. The molecular formula is C23H28N2O2S. The maximum absolute atomic E-state index is 12.2. The highest BCUT2D eigenvalue weighted by Crippen LogP contribution is 2.29. The number of sulfone groups is 1. The molecule has 0 N–H and O–H groups in total. The molecular weight excluding hydrogens is 368 g/mol. The van der Waals surface area contributed by atoms with Gasteiger partial charge in [-0.3, -0.25) is 4.68 Å². The Hall–Kier alpha value is -2.40. The van der Waals surface area contributed by atoms with E-state index in [1.54, 1.807) is 6.07 Å². The summed E-state index contributed by atoms with van der Waals surface area (Å²) >= 11 is 0. The summed E-state index contributed by atoms with van der Waals surface area (Å²) in [5.74, 6) is 0.517. The van der Waals surface area contributed by atoms with E-state index in [1.807, 2.05) is 38.1 Å². The van der Waals surface area contributed by atoms with Gasteiger partial charge in [-0.25, -0.2) is 8.42 Å². The zero-order valence-corrected chi connectivity index (χ0v) is 18.0. The van der Waals surface area contributed by atoms with E-state index in [-0.39, 0.29) is 0 Å². The Morgan fingerprint density at radius 3 is 2.14 bits per heavy atom. The summed E-state index contributed by atoms with van der Waals surface area (Å²) in [5.41, 5.74) is 6.00. The van der Waals surface area contributed by atoms with E-state index in [0.717, 1.165) is 40.2 Å². The first-order chi connectivity index (χ1) is 13.2. The lowest BCUT2D eigenvalue weighted by molar-refractivity contribution is 0.485. The van der Waals surface area contributed by atoms with Crippen LogP contribution < -0.4 is 0 Å². The van der Waals surface area contributed by atoms with Crippen LogP contribution in [0.15, 0.2) is 53.4 Å². The summed E-state index contributed by atoms with van der Waals surface area (Å²) in [6.07, 6.45) is 1.97. The first-order valence-electron chi connectivity index (χ1n) is 9.67. The lowest BCUT2D eigenvalue weighted by Gasteiger charge is -2.12. The molecule has 0 spiro atoms. The van der Waals surface area contributed by atoms with Gasteiger partial charge in [-0.15, -0.1) is 0 Å². The van der Waals surface area contributed by atoms with Crippen molar-refractivity contribution in [2.24, 2.45) is 5.92 Å². The van der Waals surface area contributed by atoms with E-state index in [1.165, 1.54) is 6.26 Å². The largest absolute Gasteiger partial charge is 0.264 e. The van der Waals surface area contributed by atoms with Crippen LogP contribution in [0.2, 0.25) is 0 Å². The molecule has 0 unspecified atom stereocenters. The third-order valence-corrected chi connectivity index (χ3v) is 5.98. The van der Waals surface area contributed by atoms with Crippen LogP contribution in [0, 0.1) is 12.8 Å². The molecule has 0 fully saturated rings. The second-order valence-electron chi connectivity index (χ2n) is 7.77. The first-order valence-corrected chi connectivity index (χ1v) is 11.6. The van der Waals surface area contributed by atoms with Crippen LogP contribution in [0.4, 0.5) is 0 Å². The molecule has 0 aliphatic carbocycles. The van der Waals surface area contributed by atoms with Gasteiger partial charge >= 0.3 is 0 Å². The third kappa shape index (κ3) is 4.36. The molecule has 0 radical (unpaired) electrons. The Bertz CT molecular complexity index is 1080. The minimum atomic E-state index is -3.25. The molecule has 0 saturated heterocycles. The van der Waals surface area contributed by atoms with Crippen LogP contribution >= 0.6 is 0 Å². The molecule has 0 bridgehead atoms. The molecule has 0 aliphatic heterocycles. The maximum atomic E-state index is 12.2. The molecule has 3 rings (SSSR count). The topological polar surface area (TPSA) is 52.0 Å². The van der Waals surface area contributed by atoms with Crippen molar-refractivity contribution in [3.8, 4) is 22.4 Å². The van der Waals surface area contributed by atoms with E-state index in [0.29, 0.717) is 17.2 Å². The number of aromatic nitrogens is 2. The van der Waals surface area contributed by atoms with Crippen molar-refractivity contribution in [1.29, 1.82) is 0 Å². The van der Waals surface area contributed by atoms with Crippen LogP contribution in [-0.4, -0.2) is 24.5 Å². The minimum Gasteiger partial charge on any atom is -0.264 e. The van der Waals surface area contributed by atoms with Gasteiger partial charge in [0.25, 0.3) is 0 Å². The molecule has 28 heavy (non-hydrogen) atoms. The Kier molecular flexibility index (Phi) is 5.75. The van der Waals surface area contributed by atoms with Crippen LogP contribution in [0.25, 0.3) is 22.4 Å². The molecule has 148 valence electrons. The quantitative estimate of drug-likeness (QED) is 0.579. The molecule has 2 aromatic carbocycles. The van der Waals surface area contributed by atoms with Gasteiger partial charge in [-0.05, 0) is 53.6 Å². The molecule has 1 heterocycles. The van der Waals surface area contributed by atoms with Crippen molar-refractivity contribution in [2.75, 3.05) is 6.26 Å². The molecule has 4 nitrogen and oxygen atoms in total. The predicted octanol–water partition coefficient (Wildman–Crippen LogP) is 5.15. The van der Waals surface area contributed by atoms with Gasteiger partial charge in [-0.2, -0.15) is 5.10 Å². The Balaban J connectivity index is 1.98. The van der Waals surface area contributed by atoms with E-state index in [9.17, 15) is 8.42 Å². The summed E-state index contributed by atoms with van der Waals surface area (Å²) < 4.78 is 26.4. The van der Waals surface area contributed by atoms with E-state index in [2.05, 4.69) is 41.8 Å². The van der Waals surface area contributed by atoms with Gasteiger partial charge in [-0.1, -0.05) is 57.2 Å². The third-order valence-electron chi connectivity index (χ3n) is 4.80. The zero-order chi connectivity index (χ0) is 20.5. The average molecular weight is 397 g/mol. The van der Waals surface area contributed by atoms with Crippen LogP contribution in [0.5, 0.6) is 0 Å². The van der Waals surface area contributed by atoms with Crippen molar-refractivity contribution in [3.05, 3.63) is 59.8 Å². The average Bonchev–Trinajstić information content (AvgIpc) is 3.00. The highest BCUT2D eigenvalue weighted by Gasteiger charge is 2.14. The van der Waals surface area contributed by atoms with Gasteiger partial charge in [0.1, 0.15) is 0 Å². The van der Waals surface area contributed by atoms with E-state index < -0.39 is 9.84 Å². The lowest BCUT2D eigenvalue weighted by Crippen LogP contribution is -2.07. The molecule has 0 atom stereocenters. The van der Waals surface area contributed by atoms with Crippen molar-refractivity contribution in [3.63, 3.8) is 0 Å². The molecule has 1 aromatic heterocycles. The van der Waals surface area contributed by atoms with Crippen molar-refractivity contribution < 1.29 is 8.42 Å². The second-order valence-corrected chi connectivity index (χ2v) is 9.76. The minimum absolute atomic E-state index is 0.419. The fourth-order valence-corrected chi connectivity index (χ4v) is 4.50. The van der Waals surface area contributed by atoms with Crippen molar-refractivity contribution in [2.45, 2.75) is 45.6 Å². The smallest absolute Gasteiger partial charge is 0.175 e. The van der Waals surface area contributed by atoms with E-state index >= 15 is 0 Å². The summed E-state index contributed by atoms with van der Waals surface area (Å²) in [7, 11) is -3.25. The SMILES string of the molecule is CCc1ccc(-c2ccc(-c3cc(C)nn3CC(C)C)cc2)cc1S(C)(=O)=O.